The summed E-state index contributed by atoms with van der Waals surface area (Å²) >= 11 is 0. The van der Waals surface area contributed by atoms with Gasteiger partial charge in [0.25, 0.3) is 5.91 Å². The van der Waals surface area contributed by atoms with E-state index in [1.165, 1.54) is 11.7 Å². The van der Waals surface area contributed by atoms with Crippen molar-refractivity contribution < 1.29 is 23.9 Å². The second kappa shape index (κ2) is 9.48. The molecule has 0 spiro atoms. The van der Waals surface area contributed by atoms with Crippen LogP contribution >= 0.6 is 0 Å². The van der Waals surface area contributed by atoms with Crippen LogP contribution in [0.2, 0.25) is 0 Å². The Morgan fingerprint density at radius 1 is 1.03 bits per heavy atom. The predicted octanol–water partition coefficient (Wildman–Crippen LogP) is 4.56. The number of carbonyl (C=O) groups is 3. The number of ether oxygens (including phenoxy) is 2. The molecule has 1 heterocycles. The Balaban J connectivity index is 1.93. The highest BCUT2D eigenvalue weighted by atomic mass is 16.6. The van der Waals surface area contributed by atoms with Gasteiger partial charge in [-0.2, -0.15) is 0 Å². The second-order valence-electron chi connectivity index (χ2n) is 9.15. The Bertz CT molecular complexity index is 1180. The van der Waals surface area contributed by atoms with Crippen LogP contribution in [0.25, 0.3) is 10.9 Å². The molecule has 0 bridgehead atoms. The molecule has 0 saturated carbocycles. The van der Waals surface area contributed by atoms with Crippen molar-refractivity contribution in [2.75, 3.05) is 7.11 Å². The molecule has 0 fully saturated rings. The summed E-state index contributed by atoms with van der Waals surface area (Å²) in [5.74, 6) is -0.935. The molecule has 1 atom stereocenters. The Kier molecular flexibility index (Phi) is 6.91. The smallest absolute Gasteiger partial charge is 0.419 e. The zero-order chi connectivity index (χ0) is 24.3. The number of benzene rings is 2. The Morgan fingerprint density at radius 3 is 2.27 bits per heavy atom. The van der Waals surface area contributed by atoms with Crippen LogP contribution in [0.4, 0.5) is 4.79 Å². The number of aromatic nitrogens is 1. The van der Waals surface area contributed by atoms with Gasteiger partial charge in [-0.25, -0.2) is 9.59 Å². The Hall–Kier alpha value is -3.61. The fraction of sp³-hybridized carbons (Fsp3) is 0.346. The molecule has 3 rings (SSSR count). The third-order valence-electron chi connectivity index (χ3n) is 5.08. The highest BCUT2D eigenvalue weighted by molar-refractivity contribution is 5.97. The van der Waals surface area contributed by atoms with Crippen molar-refractivity contribution >= 4 is 28.9 Å². The highest BCUT2D eigenvalue weighted by Crippen LogP contribution is 2.24. The standard InChI is InChI=1S/C26H30N2O5/c1-16-11-17(2)13-18(12-16)23(29)27-21(24(30)32-6)14-19-15-28(25(31)33-26(3,4)5)22-10-8-7-9-20(19)22/h7-13,15,21H,14H2,1-6H3,(H,27,29)/t21-/m1/s1. The monoisotopic (exact) mass is 450 g/mol. The van der Waals surface area contributed by atoms with Crippen LogP contribution in [0.5, 0.6) is 0 Å². The number of hydrogen-bond acceptors (Lipinski definition) is 5. The SMILES string of the molecule is COC(=O)[C@@H](Cc1cn(C(=O)OC(C)(C)C)c2ccccc12)NC(=O)c1cc(C)cc(C)c1. The number of amides is 1. The summed E-state index contributed by atoms with van der Waals surface area (Å²) in [5, 5.41) is 3.58. The molecule has 0 aliphatic heterocycles. The van der Waals surface area contributed by atoms with Crippen LogP contribution in [-0.4, -0.2) is 41.3 Å². The predicted molar refractivity (Wildman–Crippen MR) is 126 cm³/mol. The first-order valence-electron chi connectivity index (χ1n) is 10.8. The first kappa shape index (κ1) is 24.0. The van der Waals surface area contributed by atoms with Crippen molar-refractivity contribution in [3.05, 3.63) is 70.9 Å². The van der Waals surface area contributed by atoms with Crippen molar-refractivity contribution in [3.63, 3.8) is 0 Å². The third-order valence-corrected chi connectivity index (χ3v) is 5.08. The molecule has 1 aromatic heterocycles. The molecule has 0 saturated heterocycles. The minimum absolute atomic E-state index is 0.152. The van der Waals surface area contributed by atoms with Gasteiger partial charge in [-0.1, -0.05) is 35.4 Å². The summed E-state index contributed by atoms with van der Waals surface area (Å²) in [4.78, 5) is 38.2. The minimum atomic E-state index is -0.929. The molecule has 0 unspecified atom stereocenters. The molecule has 7 heteroatoms. The molecular weight excluding hydrogens is 420 g/mol. The largest absolute Gasteiger partial charge is 0.467 e. The summed E-state index contributed by atoms with van der Waals surface area (Å²) in [6, 6.07) is 11.9. The summed E-state index contributed by atoms with van der Waals surface area (Å²) in [6.45, 7) is 9.22. The topological polar surface area (TPSA) is 86.6 Å². The van der Waals surface area contributed by atoms with Gasteiger partial charge in [-0.3, -0.25) is 9.36 Å². The van der Waals surface area contributed by atoms with E-state index in [0.717, 1.165) is 16.5 Å². The van der Waals surface area contributed by atoms with Gasteiger partial charge >= 0.3 is 12.1 Å². The molecule has 0 radical (unpaired) electrons. The van der Waals surface area contributed by atoms with Crippen molar-refractivity contribution in [1.29, 1.82) is 0 Å². The molecular formula is C26H30N2O5. The molecule has 3 aromatic rings. The number of aryl methyl sites for hydroxylation is 2. The van der Waals surface area contributed by atoms with Gasteiger partial charge in [0.05, 0.1) is 12.6 Å². The molecule has 0 aliphatic carbocycles. The fourth-order valence-electron chi connectivity index (χ4n) is 3.78. The number of rotatable bonds is 5. The van der Waals surface area contributed by atoms with E-state index in [0.29, 0.717) is 16.6 Å². The third kappa shape index (κ3) is 5.80. The number of carbonyl (C=O) groups excluding carboxylic acids is 3. The highest BCUT2D eigenvalue weighted by Gasteiger charge is 2.26. The molecule has 1 N–H and O–H groups in total. The van der Waals surface area contributed by atoms with E-state index in [1.54, 1.807) is 39.1 Å². The minimum Gasteiger partial charge on any atom is -0.467 e. The normalized spacial score (nSPS) is 12.3. The first-order valence-corrected chi connectivity index (χ1v) is 10.8. The molecule has 2 aromatic carbocycles. The van der Waals surface area contributed by atoms with Crippen molar-refractivity contribution in [2.24, 2.45) is 0 Å². The van der Waals surface area contributed by atoms with Gasteiger partial charge < -0.3 is 14.8 Å². The van der Waals surface area contributed by atoms with Gasteiger partial charge in [0.1, 0.15) is 11.6 Å². The van der Waals surface area contributed by atoms with E-state index in [2.05, 4.69) is 5.32 Å². The number of nitrogens with zero attached hydrogens (tertiary/aromatic N) is 1. The lowest BCUT2D eigenvalue weighted by molar-refractivity contribution is -0.142. The van der Waals surface area contributed by atoms with Crippen LogP contribution < -0.4 is 5.32 Å². The maximum atomic E-state index is 12.9. The zero-order valence-electron chi connectivity index (χ0n) is 19.9. The summed E-state index contributed by atoms with van der Waals surface area (Å²) in [6.07, 6.45) is 1.29. The molecule has 174 valence electrons. The van der Waals surface area contributed by atoms with E-state index in [1.807, 2.05) is 44.2 Å². The quantitative estimate of drug-likeness (QED) is 0.576. The first-order chi connectivity index (χ1) is 15.5. The van der Waals surface area contributed by atoms with E-state index in [-0.39, 0.29) is 12.3 Å². The van der Waals surface area contributed by atoms with Crippen molar-refractivity contribution in [2.45, 2.75) is 52.7 Å². The van der Waals surface area contributed by atoms with E-state index in [4.69, 9.17) is 9.47 Å². The lowest BCUT2D eigenvalue weighted by Crippen LogP contribution is -2.43. The maximum Gasteiger partial charge on any atom is 0.419 e. The maximum absolute atomic E-state index is 12.9. The number of nitrogens with one attached hydrogen (secondary N) is 1. The summed E-state index contributed by atoms with van der Waals surface area (Å²) in [7, 11) is 1.28. The summed E-state index contributed by atoms with van der Waals surface area (Å²) in [5.41, 5.74) is 3.10. The molecule has 0 aliphatic rings. The Morgan fingerprint density at radius 2 is 1.67 bits per heavy atom. The summed E-state index contributed by atoms with van der Waals surface area (Å²) < 4.78 is 11.9. The lowest BCUT2D eigenvalue weighted by atomic mass is 10.0. The molecule has 33 heavy (non-hydrogen) atoms. The number of para-hydroxylation sites is 1. The lowest BCUT2D eigenvalue weighted by Gasteiger charge is -2.19. The van der Waals surface area contributed by atoms with Gasteiger partial charge in [-0.05, 0) is 58.4 Å². The van der Waals surface area contributed by atoms with Gasteiger partial charge in [-0.15, -0.1) is 0 Å². The average molecular weight is 451 g/mol. The van der Waals surface area contributed by atoms with Crippen LogP contribution in [0.3, 0.4) is 0 Å². The van der Waals surface area contributed by atoms with Crippen LogP contribution in [0.15, 0.2) is 48.7 Å². The molecule has 1 amide bonds. The van der Waals surface area contributed by atoms with E-state index >= 15 is 0 Å². The van der Waals surface area contributed by atoms with Crippen LogP contribution in [0.1, 0.15) is 47.8 Å². The van der Waals surface area contributed by atoms with Gasteiger partial charge in [0.2, 0.25) is 0 Å². The van der Waals surface area contributed by atoms with Crippen molar-refractivity contribution in [3.8, 4) is 0 Å². The second-order valence-corrected chi connectivity index (χ2v) is 9.15. The number of esters is 1. The fourth-order valence-corrected chi connectivity index (χ4v) is 3.78. The average Bonchev–Trinajstić information content (AvgIpc) is 3.09. The number of methoxy groups -OCH3 is 1. The number of hydrogen-bond donors (Lipinski definition) is 1. The van der Waals surface area contributed by atoms with E-state index < -0.39 is 23.7 Å². The van der Waals surface area contributed by atoms with Gasteiger partial charge in [0.15, 0.2) is 0 Å². The Labute approximate surface area is 193 Å². The zero-order valence-corrected chi connectivity index (χ0v) is 19.9. The van der Waals surface area contributed by atoms with Crippen molar-refractivity contribution in [1.82, 2.24) is 9.88 Å². The van der Waals surface area contributed by atoms with Gasteiger partial charge in [0, 0.05) is 23.6 Å². The number of fused-ring (bicyclic) bond motifs is 1. The molecule has 7 nitrogen and oxygen atoms in total. The van der Waals surface area contributed by atoms with E-state index in [9.17, 15) is 14.4 Å². The van der Waals surface area contributed by atoms with Crippen LogP contribution in [-0.2, 0) is 20.7 Å². The van der Waals surface area contributed by atoms with Crippen LogP contribution in [0, 0.1) is 13.8 Å².